The maximum Gasteiger partial charge on any atom is 0.238 e. The number of nitrogens with zero attached hydrogens (tertiary/aromatic N) is 1. The van der Waals surface area contributed by atoms with E-state index < -0.39 is 0 Å². The summed E-state index contributed by atoms with van der Waals surface area (Å²) in [7, 11) is 0. The lowest BCUT2D eigenvalue weighted by molar-refractivity contribution is -0.118. The Hall–Kier alpha value is -1.59. The van der Waals surface area contributed by atoms with Crippen molar-refractivity contribution in [3.8, 4) is 0 Å². The van der Waals surface area contributed by atoms with Crippen LogP contribution in [-0.2, 0) is 4.79 Å². The topological polar surface area (TPSA) is 78.6 Å². The normalized spacial score (nSPS) is 24.1. The number of likely N-dealkylation sites (tertiary alicyclic amines) is 1. The molecule has 5 heteroatoms. The molecule has 1 aliphatic heterocycles. The van der Waals surface area contributed by atoms with Gasteiger partial charge in [0.1, 0.15) is 0 Å². The van der Waals surface area contributed by atoms with E-state index in [0.717, 1.165) is 18.7 Å². The number of anilines is 2. The maximum atomic E-state index is 11.9. The van der Waals surface area contributed by atoms with E-state index in [1.165, 1.54) is 0 Å². The zero-order valence-electron chi connectivity index (χ0n) is 11.2. The summed E-state index contributed by atoms with van der Waals surface area (Å²) in [5, 5.41) is 12.6. The maximum absolute atomic E-state index is 11.9. The Morgan fingerprint density at radius 1 is 1.47 bits per heavy atom. The van der Waals surface area contributed by atoms with Crippen LogP contribution in [0.1, 0.15) is 13.3 Å². The van der Waals surface area contributed by atoms with Crippen molar-refractivity contribution in [1.29, 1.82) is 0 Å². The van der Waals surface area contributed by atoms with Crippen LogP contribution in [0.5, 0.6) is 0 Å². The fourth-order valence-corrected chi connectivity index (χ4v) is 2.23. The van der Waals surface area contributed by atoms with Crippen molar-refractivity contribution < 1.29 is 9.90 Å². The molecule has 2 rings (SSSR count). The van der Waals surface area contributed by atoms with Gasteiger partial charge in [-0.1, -0.05) is 6.92 Å². The van der Waals surface area contributed by atoms with Crippen LogP contribution in [0, 0.1) is 5.92 Å². The average molecular weight is 263 g/mol. The number of piperidine rings is 1. The highest BCUT2D eigenvalue weighted by atomic mass is 16.3. The van der Waals surface area contributed by atoms with Crippen molar-refractivity contribution in [3.05, 3.63) is 24.3 Å². The first-order valence-electron chi connectivity index (χ1n) is 6.60. The molecular formula is C14H21N3O2. The Balaban J connectivity index is 1.83. The van der Waals surface area contributed by atoms with E-state index in [2.05, 4.69) is 5.32 Å². The number of β-amino-alcohol motifs (C(OH)–C–C–N with tert-alkyl or cyclic N) is 1. The molecule has 4 N–H and O–H groups in total. The molecular weight excluding hydrogens is 242 g/mol. The summed E-state index contributed by atoms with van der Waals surface area (Å²) in [5.74, 6) is 0.253. The predicted octanol–water partition coefficient (Wildman–Crippen LogP) is 0.910. The summed E-state index contributed by atoms with van der Waals surface area (Å²) in [6, 6.07) is 7.06. The van der Waals surface area contributed by atoms with Gasteiger partial charge in [-0.3, -0.25) is 9.69 Å². The van der Waals surface area contributed by atoms with Crippen LogP contribution in [0.4, 0.5) is 11.4 Å². The number of aliphatic hydroxyl groups is 1. The summed E-state index contributed by atoms with van der Waals surface area (Å²) < 4.78 is 0. The standard InChI is InChI=1S/C14H21N3O2/c1-10-6-7-17(8-13(10)18)9-14(19)16-12-4-2-11(15)3-5-12/h2-5,10,13,18H,6-9,15H2,1H3,(H,16,19). The van der Waals surface area contributed by atoms with Crippen LogP contribution in [0.25, 0.3) is 0 Å². The van der Waals surface area contributed by atoms with Gasteiger partial charge in [0.05, 0.1) is 12.6 Å². The van der Waals surface area contributed by atoms with Crippen LogP contribution in [0.3, 0.4) is 0 Å². The molecule has 2 atom stereocenters. The Morgan fingerprint density at radius 3 is 2.79 bits per heavy atom. The number of nitrogens with one attached hydrogen (secondary N) is 1. The van der Waals surface area contributed by atoms with Crippen LogP contribution in [-0.4, -0.2) is 41.7 Å². The van der Waals surface area contributed by atoms with E-state index in [0.29, 0.717) is 24.7 Å². The number of carbonyl (C=O) groups is 1. The van der Waals surface area contributed by atoms with Crippen LogP contribution in [0.2, 0.25) is 0 Å². The van der Waals surface area contributed by atoms with E-state index in [4.69, 9.17) is 5.73 Å². The lowest BCUT2D eigenvalue weighted by Gasteiger charge is -2.33. The van der Waals surface area contributed by atoms with Crippen LogP contribution < -0.4 is 11.1 Å². The molecule has 19 heavy (non-hydrogen) atoms. The Kier molecular flexibility index (Phi) is 4.39. The van der Waals surface area contributed by atoms with Gasteiger partial charge in [-0.15, -0.1) is 0 Å². The lowest BCUT2D eigenvalue weighted by atomic mass is 9.96. The predicted molar refractivity (Wildman–Crippen MR) is 75.7 cm³/mol. The van der Waals surface area contributed by atoms with Crippen molar-refractivity contribution in [2.45, 2.75) is 19.4 Å². The van der Waals surface area contributed by atoms with Gasteiger partial charge in [-0.05, 0) is 43.1 Å². The summed E-state index contributed by atoms with van der Waals surface area (Å²) >= 11 is 0. The van der Waals surface area contributed by atoms with Gasteiger partial charge in [0, 0.05) is 17.9 Å². The molecule has 1 aliphatic rings. The number of hydrogen-bond acceptors (Lipinski definition) is 4. The highest BCUT2D eigenvalue weighted by Crippen LogP contribution is 2.17. The second kappa shape index (κ2) is 6.04. The van der Waals surface area contributed by atoms with Gasteiger partial charge in [-0.25, -0.2) is 0 Å². The number of nitrogens with two attached hydrogens (primary N) is 1. The van der Waals surface area contributed by atoms with E-state index in [9.17, 15) is 9.90 Å². The molecule has 1 aromatic rings. The number of amides is 1. The van der Waals surface area contributed by atoms with Crippen molar-refractivity contribution in [2.24, 2.45) is 5.92 Å². The molecule has 1 heterocycles. The van der Waals surface area contributed by atoms with Gasteiger partial charge < -0.3 is 16.2 Å². The lowest BCUT2D eigenvalue weighted by Crippen LogP contribution is -2.45. The zero-order valence-corrected chi connectivity index (χ0v) is 11.2. The molecule has 0 aromatic heterocycles. The molecule has 104 valence electrons. The minimum Gasteiger partial charge on any atom is -0.399 e. The third-order valence-corrected chi connectivity index (χ3v) is 3.56. The van der Waals surface area contributed by atoms with Crippen molar-refractivity contribution >= 4 is 17.3 Å². The Morgan fingerprint density at radius 2 is 2.16 bits per heavy atom. The van der Waals surface area contributed by atoms with Crippen molar-refractivity contribution in [3.63, 3.8) is 0 Å². The van der Waals surface area contributed by atoms with Gasteiger partial charge in [0.15, 0.2) is 0 Å². The van der Waals surface area contributed by atoms with Gasteiger partial charge in [0.2, 0.25) is 5.91 Å². The van der Waals surface area contributed by atoms with Gasteiger partial charge in [0.25, 0.3) is 0 Å². The molecule has 0 aliphatic carbocycles. The minimum absolute atomic E-state index is 0.0634. The molecule has 5 nitrogen and oxygen atoms in total. The first kappa shape index (κ1) is 13.8. The monoisotopic (exact) mass is 263 g/mol. The zero-order chi connectivity index (χ0) is 13.8. The Labute approximate surface area is 113 Å². The van der Waals surface area contributed by atoms with Crippen LogP contribution in [0.15, 0.2) is 24.3 Å². The summed E-state index contributed by atoms with van der Waals surface area (Å²) in [6.45, 7) is 3.77. The first-order valence-corrected chi connectivity index (χ1v) is 6.60. The van der Waals surface area contributed by atoms with E-state index in [-0.39, 0.29) is 12.0 Å². The molecule has 1 fully saturated rings. The number of rotatable bonds is 3. The van der Waals surface area contributed by atoms with Crippen molar-refractivity contribution in [2.75, 3.05) is 30.7 Å². The smallest absolute Gasteiger partial charge is 0.238 e. The summed E-state index contributed by atoms with van der Waals surface area (Å²) in [5.41, 5.74) is 7.00. The third kappa shape index (κ3) is 3.94. The largest absolute Gasteiger partial charge is 0.399 e. The van der Waals surface area contributed by atoms with E-state index >= 15 is 0 Å². The highest BCUT2D eigenvalue weighted by Gasteiger charge is 2.25. The second-order valence-corrected chi connectivity index (χ2v) is 5.24. The molecule has 0 radical (unpaired) electrons. The first-order chi connectivity index (χ1) is 9.04. The third-order valence-electron chi connectivity index (χ3n) is 3.56. The molecule has 1 aromatic carbocycles. The molecule has 0 spiro atoms. The van der Waals surface area contributed by atoms with Gasteiger partial charge >= 0.3 is 0 Å². The fraction of sp³-hybridized carbons (Fsp3) is 0.500. The molecule has 1 amide bonds. The highest BCUT2D eigenvalue weighted by molar-refractivity contribution is 5.92. The van der Waals surface area contributed by atoms with Crippen LogP contribution >= 0.6 is 0 Å². The van der Waals surface area contributed by atoms with Gasteiger partial charge in [-0.2, -0.15) is 0 Å². The Bertz CT molecular complexity index is 433. The summed E-state index contributed by atoms with van der Waals surface area (Å²) in [6.07, 6.45) is 0.592. The summed E-state index contributed by atoms with van der Waals surface area (Å²) in [4.78, 5) is 13.9. The molecule has 1 saturated heterocycles. The minimum atomic E-state index is -0.335. The number of benzene rings is 1. The number of nitrogen functional groups attached to an aromatic ring is 1. The number of hydrogen-bond donors (Lipinski definition) is 3. The van der Waals surface area contributed by atoms with E-state index in [1.54, 1.807) is 24.3 Å². The number of aliphatic hydroxyl groups excluding tert-OH is 1. The molecule has 0 saturated carbocycles. The van der Waals surface area contributed by atoms with Crippen molar-refractivity contribution in [1.82, 2.24) is 4.90 Å². The fourth-order valence-electron chi connectivity index (χ4n) is 2.23. The molecule has 2 unspecified atom stereocenters. The SMILES string of the molecule is CC1CCN(CC(=O)Nc2ccc(N)cc2)CC1O. The quantitative estimate of drug-likeness (QED) is 0.708. The number of carbonyl (C=O) groups excluding carboxylic acids is 1. The molecule has 0 bridgehead atoms. The second-order valence-electron chi connectivity index (χ2n) is 5.24. The van der Waals surface area contributed by atoms with E-state index in [1.807, 2.05) is 11.8 Å². The average Bonchev–Trinajstić information content (AvgIpc) is 2.37.